The largest absolute Gasteiger partial charge is 0.312 e. The fourth-order valence-electron chi connectivity index (χ4n) is 1.83. The van der Waals surface area contributed by atoms with Crippen LogP contribution in [0.1, 0.15) is 28.4 Å². The summed E-state index contributed by atoms with van der Waals surface area (Å²) in [6.45, 7) is 6.31. The van der Waals surface area contributed by atoms with E-state index in [1.807, 2.05) is 7.05 Å². The second kappa shape index (κ2) is 3.90. The summed E-state index contributed by atoms with van der Waals surface area (Å²) in [6.07, 6.45) is -0.0550. The Morgan fingerprint density at radius 1 is 1.15 bits per heavy atom. The summed E-state index contributed by atoms with van der Waals surface area (Å²) in [4.78, 5) is 0. The van der Waals surface area contributed by atoms with Gasteiger partial charge in [-0.1, -0.05) is 17.7 Å². The van der Waals surface area contributed by atoms with Gasteiger partial charge >= 0.3 is 0 Å². The van der Waals surface area contributed by atoms with Crippen molar-refractivity contribution in [2.45, 2.75) is 26.9 Å². The molecule has 1 aromatic carbocycles. The molecule has 1 atom stereocenters. The predicted molar refractivity (Wildman–Crippen MR) is 56.6 cm³/mol. The number of hydrogen-bond acceptors (Lipinski definition) is 2. The quantitative estimate of drug-likeness (QED) is 0.678. The lowest BCUT2D eigenvalue weighted by molar-refractivity contribution is 0.615. The second-order valence-electron chi connectivity index (χ2n) is 3.58. The third-order valence-electron chi connectivity index (χ3n) is 2.36. The van der Waals surface area contributed by atoms with Crippen molar-refractivity contribution in [2.75, 3.05) is 7.05 Å². The molecule has 0 saturated heterocycles. The van der Waals surface area contributed by atoms with Crippen LogP contribution >= 0.6 is 0 Å². The van der Waals surface area contributed by atoms with Crippen molar-refractivity contribution in [3.63, 3.8) is 0 Å². The molecule has 0 aliphatic carbocycles. The van der Waals surface area contributed by atoms with Crippen LogP contribution in [-0.4, -0.2) is 7.05 Å². The molecule has 0 saturated carbocycles. The van der Waals surface area contributed by atoms with Gasteiger partial charge in [-0.2, -0.15) is 0 Å². The molecule has 1 rings (SSSR count). The first-order valence-corrected chi connectivity index (χ1v) is 4.57. The summed E-state index contributed by atoms with van der Waals surface area (Å²) in [6, 6.07) is 4.33. The third-order valence-corrected chi connectivity index (χ3v) is 2.36. The second-order valence-corrected chi connectivity index (χ2v) is 3.58. The van der Waals surface area contributed by atoms with Crippen LogP contribution in [0.25, 0.3) is 0 Å². The molecular formula is C11H18N2. The van der Waals surface area contributed by atoms with E-state index in [-0.39, 0.29) is 6.17 Å². The molecule has 3 N–H and O–H groups in total. The summed E-state index contributed by atoms with van der Waals surface area (Å²) in [5.74, 6) is 0. The molecule has 2 heteroatoms. The number of benzene rings is 1. The minimum atomic E-state index is -0.0550. The van der Waals surface area contributed by atoms with Crippen molar-refractivity contribution >= 4 is 0 Å². The number of nitrogens with one attached hydrogen (secondary N) is 1. The van der Waals surface area contributed by atoms with Crippen molar-refractivity contribution < 1.29 is 0 Å². The first-order chi connectivity index (χ1) is 6.06. The Labute approximate surface area is 80.1 Å². The zero-order valence-electron chi connectivity index (χ0n) is 8.81. The molecule has 13 heavy (non-hydrogen) atoms. The maximum Gasteiger partial charge on any atom is 0.0812 e. The fraction of sp³-hybridized carbons (Fsp3) is 0.455. The summed E-state index contributed by atoms with van der Waals surface area (Å²) in [5, 5.41) is 3.06. The molecule has 1 aromatic rings. The number of aryl methyl sites for hydroxylation is 3. The summed E-state index contributed by atoms with van der Waals surface area (Å²) in [7, 11) is 1.88. The molecule has 0 aliphatic rings. The van der Waals surface area contributed by atoms with Gasteiger partial charge in [0.2, 0.25) is 0 Å². The SMILES string of the molecule is CNC(N)c1c(C)cc(C)cc1C. The molecule has 72 valence electrons. The van der Waals surface area contributed by atoms with E-state index >= 15 is 0 Å². The van der Waals surface area contributed by atoms with Crippen LogP contribution in [0.15, 0.2) is 12.1 Å². The van der Waals surface area contributed by atoms with Gasteiger partial charge in [0.05, 0.1) is 6.17 Å². The third kappa shape index (κ3) is 2.08. The van der Waals surface area contributed by atoms with Gasteiger partial charge in [-0.05, 0) is 44.5 Å². The predicted octanol–water partition coefficient (Wildman–Crippen LogP) is 1.79. The summed E-state index contributed by atoms with van der Waals surface area (Å²) >= 11 is 0. The zero-order chi connectivity index (χ0) is 10.0. The number of nitrogens with two attached hydrogens (primary N) is 1. The minimum absolute atomic E-state index is 0.0550. The van der Waals surface area contributed by atoms with Crippen molar-refractivity contribution in [1.29, 1.82) is 0 Å². The molecule has 0 aliphatic heterocycles. The Bertz CT molecular complexity index is 282. The zero-order valence-corrected chi connectivity index (χ0v) is 8.81. The van der Waals surface area contributed by atoms with Gasteiger partial charge in [-0.15, -0.1) is 0 Å². The standard InChI is InChI=1S/C11H18N2/c1-7-5-8(2)10(9(3)6-7)11(12)13-4/h5-6,11,13H,12H2,1-4H3. The molecule has 0 radical (unpaired) electrons. The molecule has 0 fully saturated rings. The van der Waals surface area contributed by atoms with E-state index in [1.165, 1.54) is 22.3 Å². The topological polar surface area (TPSA) is 38.0 Å². The van der Waals surface area contributed by atoms with E-state index in [0.29, 0.717) is 0 Å². The van der Waals surface area contributed by atoms with Crippen molar-refractivity contribution in [2.24, 2.45) is 5.73 Å². The number of rotatable bonds is 2. The van der Waals surface area contributed by atoms with Crippen molar-refractivity contribution in [3.8, 4) is 0 Å². The van der Waals surface area contributed by atoms with Crippen LogP contribution in [0.3, 0.4) is 0 Å². The summed E-state index contributed by atoms with van der Waals surface area (Å²) in [5.41, 5.74) is 11.0. The van der Waals surface area contributed by atoms with Crippen molar-refractivity contribution in [1.82, 2.24) is 5.32 Å². The molecule has 0 aromatic heterocycles. The van der Waals surface area contributed by atoms with Crippen LogP contribution in [0.4, 0.5) is 0 Å². The lowest BCUT2D eigenvalue weighted by Gasteiger charge is -2.17. The van der Waals surface area contributed by atoms with E-state index in [2.05, 4.69) is 38.2 Å². The average Bonchev–Trinajstić information content (AvgIpc) is 2.02. The maximum atomic E-state index is 5.93. The molecule has 0 bridgehead atoms. The average molecular weight is 178 g/mol. The van der Waals surface area contributed by atoms with Crippen LogP contribution < -0.4 is 11.1 Å². The van der Waals surface area contributed by atoms with E-state index in [0.717, 1.165) is 0 Å². The Morgan fingerprint density at radius 2 is 1.62 bits per heavy atom. The molecule has 1 unspecified atom stereocenters. The van der Waals surface area contributed by atoms with Crippen LogP contribution in [-0.2, 0) is 0 Å². The fourth-order valence-corrected chi connectivity index (χ4v) is 1.83. The van der Waals surface area contributed by atoms with E-state index in [9.17, 15) is 0 Å². The Hall–Kier alpha value is -0.860. The van der Waals surface area contributed by atoms with Gasteiger partial charge < -0.3 is 11.1 Å². The van der Waals surface area contributed by atoms with E-state index in [4.69, 9.17) is 5.73 Å². The molecule has 0 amide bonds. The highest BCUT2D eigenvalue weighted by molar-refractivity contribution is 5.39. The molecule has 2 nitrogen and oxygen atoms in total. The van der Waals surface area contributed by atoms with Gasteiger partial charge in [0.1, 0.15) is 0 Å². The highest BCUT2D eigenvalue weighted by atomic mass is 15.0. The van der Waals surface area contributed by atoms with Crippen molar-refractivity contribution in [3.05, 3.63) is 34.4 Å². The van der Waals surface area contributed by atoms with Gasteiger partial charge in [-0.3, -0.25) is 0 Å². The number of hydrogen-bond donors (Lipinski definition) is 2. The lowest BCUT2D eigenvalue weighted by atomic mass is 9.98. The highest BCUT2D eigenvalue weighted by Crippen LogP contribution is 2.20. The first kappa shape index (κ1) is 10.2. The first-order valence-electron chi connectivity index (χ1n) is 4.57. The Balaban J connectivity index is 3.20. The van der Waals surface area contributed by atoms with Crippen LogP contribution in [0.2, 0.25) is 0 Å². The monoisotopic (exact) mass is 178 g/mol. The Kier molecular flexibility index (Phi) is 3.07. The van der Waals surface area contributed by atoms with Crippen LogP contribution in [0.5, 0.6) is 0 Å². The summed E-state index contributed by atoms with van der Waals surface area (Å²) < 4.78 is 0. The van der Waals surface area contributed by atoms with Gasteiger partial charge in [0, 0.05) is 0 Å². The molecular weight excluding hydrogens is 160 g/mol. The van der Waals surface area contributed by atoms with E-state index in [1.54, 1.807) is 0 Å². The van der Waals surface area contributed by atoms with Crippen LogP contribution in [0, 0.1) is 20.8 Å². The highest BCUT2D eigenvalue weighted by Gasteiger charge is 2.09. The normalized spacial score (nSPS) is 13.0. The van der Waals surface area contributed by atoms with E-state index < -0.39 is 0 Å². The minimum Gasteiger partial charge on any atom is -0.312 e. The maximum absolute atomic E-state index is 5.93. The molecule has 0 heterocycles. The van der Waals surface area contributed by atoms with Gasteiger partial charge in [-0.25, -0.2) is 0 Å². The van der Waals surface area contributed by atoms with Gasteiger partial charge in [0.15, 0.2) is 0 Å². The molecule has 0 spiro atoms. The smallest absolute Gasteiger partial charge is 0.0812 e. The lowest BCUT2D eigenvalue weighted by Crippen LogP contribution is -2.26. The van der Waals surface area contributed by atoms with Gasteiger partial charge in [0.25, 0.3) is 0 Å². The Morgan fingerprint density at radius 3 is 2.00 bits per heavy atom.